The summed E-state index contributed by atoms with van der Waals surface area (Å²) in [7, 11) is 0. The predicted octanol–water partition coefficient (Wildman–Crippen LogP) is 2.75. The van der Waals surface area contributed by atoms with E-state index in [4.69, 9.17) is 4.74 Å². The minimum atomic E-state index is 0.361. The van der Waals surface area contributed by atoms with Gasteiger partial charge in [0.15, 0.2) is 0 Å². The molecule has 0 spiro atoms. The second-order valence-electron chi connectivity index (χ2n) is 3.89. The third kappa shape index (κ3) is 2.57. The first-order chi connectivity index (χ1) is 7.72. The van der Waals surface area contributed by atoms with Gasteiger partial charge in [0.25, 0.3) is 0 Å². The molecule has 0 bridgehead atoms. The van der Waals surface area contributed by atoms with Crippen molar-refractivity contribution in [2.75, 3.05) is 30.0 Å². The van der Waals surface area contributed by atoms with Crippen LogP contribution in [-0.2, 0) is 4.74 Å². The lowest BCUT2D eigenvalue weighted by molar-refractivity contribution is 0.0999. The summed E-state index contributed by atoms with van der Waals surface area (Å²) >= 11 is 7.10. The fraction of sp³-hybridized carbons (Fsp3) is 0.545. The third-order valence-corrected chi connectivity index (χ3v) is 3.97. The largest absolute Gasteiger partial charge is 0.377 e. The smallest absolute Gasteiger partial charge is 0.143 e. The Morgan fingerprint density at radius 2 is 2.44 bits per heavy atom. The van der Waals surface area contributed by atoms with Gasteiger partial charge in [-0.05, 0) is 34.5 Å². The van der Waals surface area contributed by atoms with Gasteiger partial charge in [-0.25, -0.2) is 4.98 Å². The highest BCUT2D eigenvalue weighted by molar-refractivity contribution is 9.10. The Hall–Kier alpha value is -0.130. The lowest BCUT2D eigenvalue weighted by Crippen LogP contribution is -2.47. The van der Waals surface area contributed by atoms with Crippen molar-refractivity contribution in [2.45, 2.75) is 13.0 Å². The predicted molar refractivity (Wildman–Crippen MR) is 72.4 cm³/mol. The normalized spacial score (nSPS) is 21.2. The fourth-order valence-corrected chi connectivity index (χ4v) is 3.03. The Kier molecular flexibility index (Phi) is 4.21. The number of aryl methyl sites for hydroxylation is 1. The second kappa shape index (κ2) is 5.47. The minimum absolute atomic E-state index is 0.361. The van der Waals surface area contributed by atoms with Crippen LogP contribution in [0.1, 0.15) is 5.56 Å². The molecule has 5 heteroatoms. The molecule has 0 saturated carbocycles. The molecule has 2 heterocycles. The second-order valence-corrected chi connectivity index (χ2v) is 5.40. The summed E-state index contributed by atoms with van der Waals surface area (Å²) in [6.07, 6.45) is 1.90. The van der Waals surface area contributed by atoms with Crippen molar-refractivity contribution in [3.8, 4) is 0 Å². The van der Waals surface area contributed by atoms with Crippen molar-refractivity contribution in [2.24, 2.45) is 0 Å². The van der Waals surface area contributed by atoms with Gasteiger partial charge >= 0.3 is 0 Å². The van der Waals surface area contributed by atoms with Crippen LogP contribution in [0.3, 0.4) is 0 Å². The highest BCUT2D eigenvalue weighted by Gasteiger charge is 2.24. The molecular weight excluding hydrogens is 336 g/mol. The van der Waals surface area contributed by atoms with Crippen LogP contribution in [0.5, 0.6) is 0 Å². The number of hydrogen-bond donors (Lipinski definition) is 0. The van der Waals surface area contributed by atoms with E-state index in [0.29, 0.717) is 6.04 Å². The molecule has 1 saturated heterocycles. The van der Waals surface area contributed by atoms with Crippen LogP contribution >= 0.6 is 31.9 Å². The Labute approximate surface area is 112 Å². The molecule has 0 aromatic carbocycles. The fourth-order valence-electron chi connectivity index (χ4n) is 1.80. The number of aromatic nitrogens is 1. The molecule has 2 rings (SSSR count). The molecule has 0 radical (unpaired) electrons. The molecule has 16 heavy (non-hydrogen) atoms. The van der Waals surface area contributed by atoms with E-state index < -0.39 is 0 Å². The van der Waals surface area contributed by atoms with Gasteiger partial charge < -0.3 is 9.64 Å². The SMILES string of the molecule is Cc1cnc(N2CCOCC2CBr)c(Br)c1. The van der Waals surface area contributed by atoms with Crippen molar-refractivity contribution in [1.82, 2.24) is 4.98 Å². The molecule has 3 nitrogen and oxygen atoms in total. The van der Waals surface area contributed by atoms with Crippen molar-refractivity contribution >= 4 is 37.7 Å². The molecule has 1 unspecified atom stereocenters. The molecule has 1 aliphatic heterocycles. The molecule has 1 aromatic rings. The molecule has 0 N–H and O–H groups in total. The number of nitrogens with zero attached hydrogens (tertiary/aromatic N) is 2. The molecule has 1 atom stereocenters. The van der Waals surface area contributed by atoms with Crippen molar-refractivity contribution in [3.63, 3.8) is 0 Å². The van der Waals surface area contributed by atoms with Crippen LogP contribution in [0.25, 0.3) is 0 Å². The molecule has 0 amide bonds. The van der Waals surface area contributed by atoms with E-state index >= 15 is 0 Å². The summed E-state index contributed by atoms with van der Waals surface area (Å²) in [5.41, 5.74) is 1.17. The number of alkyl halides is 1. The van der Waals surface area contributed by atoms with E-state index in [1.807, 2.05) is 13.1 Å². The Bertz CT molecular complexity index is 373. The van der Waals surface area contributed by atoms with Gasteiger partial charge in [-0.3, -0.25) is 0 Å². The molecule has 1 aromatic heterocycles. The highest BCUT2D eigenvalue weighted by atomic mass is 79.9. The average Bonchev–Trinajstić information content (AvgIpc) is 2.29. The van der Waals surface area contributed by atoms with Gasteiger partial charge in [0, 0.05) is 18.1 Å². The topological polar surface area (TPSA) is 25.4 Å². The summed E-state index contributed by atoms with van der Waals surface area (Å²) in [4.78, 5) is 6.80. The first-order valence-corrected chi connectivity index (χ1v) is 7.16. The monoisotopic (exact) mass is 348 g/mol. The first kappa shape index (κ1) is 12.3. The number of ether oxygens (including phenoxy) is 1. The van der Waals surface area contributed by atoms with E-state index in [9.17, 15) is 0 Å². The summed E-state index contributed by atoms with van der Waals surface area (Å²) < 4.78 is 6.53. The zero-order chi connectivity index (χ0) is 11.5. The van der Waals surface area contributed by atoms with E-state index in [0.717, 1.165) is 35.4 Å². The zero-order valence-corrected chi connectivity index (χ0v) is 12.3. The Balaban J connectivity index is 2.27. The van der Waals surface area contributed by atoms with Gasteiger partial charge in [-0.2, -0.15) is 0 Å². The number of pyridine rings is 1. The molecule has 1 fully saturated rings. The van der Waals surface area contributed by atoms with Crippen LogP contribution in [0.2, 0.25) is 0 Å². The van der Waals surface area contributed by atoms with Crippen LogP contribution in [0.4, 0.5) is 5.82 Å². The average molecular weight is 350 g/mol. The van der Waals surface area contributed by atoms with Gasteiger partial charge in [-0.1, -0.05) is 15.9 Å². The summed E-state index contributed by atoms with van der Waals surface area (Å²) in [5, 5.41) is 0.898. The molecule has 1 aliphatic rings. The quantitative estimate of drug-likeness (QED) is 0.767. The zero-order valence-electron chi connectivity index (χ0n) is 9.12. The molecule has 0 aliphatic carbocycles. The Morgan fingerprint density at radius 3 is 3.12 bits per heavy atom. The van der Waals surface area contributed by atoms with E-state index in [-0.39, 0.29) is 0 Å². The van der Waals surface area contributed by atoms with Crippen LogP contribution in [-0.4, -0.2) is 36.1 Å². The van der Waals surface area contributed by atoms with Crippen molar-refractivity contribution in [3.05, 3.63) is 22.3 Å². The van der Waals surface area contributed by atoms with Crippen molar-refractivity contribution < 1.29 is 4.74 Å². The van der Waals surface area contributed by atoms with Crippen LogP contribution in [0, 0.1) is 6.92 Å². The van der Waals surface area contributed by atoms with Gasteiger partial charge in [-0.15, -0.1) is 0 Å². The summed E-state index contributed by atoms with van der Waals surface area (Å²) in [6.45, 7) is 4.46. The first-order valence-electron chi connectivity index (χ1n) is 5.25. The van der Waals surface area contributed by atoms with Crippen molar-refractivity contribution in [1.29, 1.82) is 0 Å². The van der Waals surface area contributed by atoms with Crippen LogP contribution < -0.4 is 4.90 Å². The maximum atomic E-state index is 5.47. The standard InChI is InChI=1S/C11H14Br2N2O/c1-8-4-10(13)11(14-6-8)15-2-3-16-7-9(15)5-12/h4,6,9H,2-3,5,7H2,1H3. The maximum Gasteiger partial charge on any atom is 0.143 e. The van der Waals surface area contributed by atoms with E-state index in [1.54, 1.807) is 0 Å². The van der Waals surface area contributed by atoms with Crippen LogP contribution in [0.15, 0.2) is 16.7 Å². The number of rotatable bonds is 2. The Morgan fingerprint density at radius 1 is 1.62 bits per heavy atom. The molecule has 88 valence electrons. The van der Waals surface area contributed by atoms with E-state index in [1.165, 1.54) is 5.56 Å². The number of morpholine rings is 1. The molecular formula is C11H14Br2N2O. The summed E-state index contributed by atoms with van der Waals surface area (Å²) in [6, 6.07) is 2.46. The third-order valence-electron chi connectivity index (χ3n) is 2.64. The highest BCUT2D eigenvalue weighted by Crippen LogP contribution is 2.27. The summed E-state index contributed by atoms with van der Waals surface area (Å²) in [5.74, 6) is 1.01. The minimum Gasteiger partial charge on any atom is -0.377 e. The van der Waals surface area contributed by atoms with Gasteiger partial charge in [0.1, 0.15) is 5.82 Å². The van der Waals surface area contributed by atoms with E-state index in [2.05, 4.69) is 47.8 Å². The van der Waals surface area contributed by atoms with Gasteiger partial charge in [0.05, 0.1) is 23.7 Å². The maximum absolute atomic E-state index is 5.47. The number of anilines is 1. The number of hydrogen-bond acceptors (Lipinski definition) is 3. The lowest BCUT2D eigenvalue weighted by Gasteiger charge is -2.36. The van der Waals surface area contributed by atoms with Gasteiger partial charge in [0.2, 0.25) is 0 Å². The number of halogens is 2. The lowest BCUT2D eigenvalue weighted by atomic mass is 10.2.